The maximum atomic E-state index is 4.40. The highest BCUT2D eigenvalue weighted by Gasteiger charge is 2.02. The van der Waals surface area contributed by atoms with Crippen LogP contribution < -0.4 is 0 Å². The Bertz CT molecular complexity index is 423. The summed E-state index contributed by atoms with van der Waals surface area (Å²) in [7, 11) is 0. The zero-order chi connectivity index (χ0) is 9.26. The Morgan fingerprint density at radius 3 is 2.85 bits per heavy atom. The summed E-state index contributed by atoms with van der Waals surface area (Å²) < 4.78 is 0. The second-order valence-corrected chi connectivity index (χ2v) is 3.30. The van der Waals surface area contributed by atoms with Crippen LogP contribution in [0.4, 0.5) is 0 Å². The van der Waals surface area contributed by atoms with Gasteiger partial charge < -0.3 is 0 Å². The van der Waals surface area contributed by atoms with Crippen molar-refractivity contribution in [3.8, 4) is 0 Å². The molecule has 0 atom stereocenters. The first kappa shape index (κ1) is 8.10. The summed E-state index contributed by atoms with van der Waals surface area (Å²) in [4.78, 5) is 12.8. The summed E-state index contributed by atoms with van der Waals surface area (Å²) in [5.74, 6) is 0.402. The second-order valence-electron chi connectivity index (χ2n) is 3.30. The average molecular weight is 173 g/mol. The average Bonchev–Trinajstić information content (AvgIpc) is 2.17. The van der Waals surface area contributed by atoms with Crippen molar-refractivity contribution in [2.45, 2.75) is 19.8 Å². The van der Waals surface area contributed by atoms with Gasteiger partial charge in [-0.25, -0.2) is 9.97 Å². The van der Waals surface area contributed by atoms with E-state index in [4.69, 9.17) is 0 Å². The van der Waals surface area contributed by atoms with Gasteiger partial charge in [-0.1, -0.05) is 13.8 Å². The number of aromatic nitrogens is 3. The van der Waals surface area contributed by atoms with Gasteiger partial charge in [0.15, 0.2) is 5.65 Å². The van der Waals surface area contributed by atoms with Crippen molar-refractivity contribution < 1.29 is 0 Å². The lowest BCUT2D eigenvalue weighted by molar-refractivity contribution is 0.819. The lowest BCUT2D eigenvalue weighted by atomic mass is 10.1. The van der Waals surface area contributed by atoms with E-state index in [1.54, 1.807) is 6.20 Å². The summed E-state index contributed by atoms with van der Waals surface area (Å²) >= 11 is 0. The third-order valence-electron chi connectivity index (χ3n) is 1.93. The summed E-state index contributed by atoms with van der Waals surface area (Å²) in [6.45, 7) is 4.19. The van der Waals surface area contributed by atoms with E-state index in [0.29, 0.717) is 5.92 Å². The molecule has 0 aliphatic rings. The Labute approximate surface area is 76.9 Å². The molecule has 0 radical (unpaired) electrons. The minimum atomic E-state index is 0.402. The van der Waals surface area contributed by atoms with Crippen molar-refractivity contribution in [2.75, 3.05) is 0 Å². The second kappa shape index (κ2) is 3.09. The van der Waals surface area contributed by atoms with Gasteiger partial charge in [0.25, 0.3) is 0 Å². The number of pyridine rings is 1. The highest BCUT2D eigenvalue weighted by atomic mass is 14.9. The summed E-state index contributed by atoms with van der Waals surface area (Å²) in [6, 6.07) is 3.78. The third kappa shape index (κ3) is 1.49. The lowest BCUT2D eigenvalue weighted by Gasteiger charge is -2.03. The van der Waals surface area contributed by atoms with Crippen LogP contribution >= 0.6 is 0 Å². The van der Waals surface area contributed by atoms with E-state index in [1.807, 2.05) is 18.3 Å². The Balaban J connectivity index is 2.62. The Morgan fingerprint density at radius 2 is 2.08 bits per heavy atom. The van der Waals surface area contributed by atoms with Gasteiger partial charge >= 0.3 is 0 Å². The zero-order valence-corrected chi connectivity index (χ0v) is 7.73. The topological polar surface area (TPSA) is 38.7 Å². The molecule has 2 aromatic rings. The van der Waals surface area contributed by atoms with E-state index >= 15 is 0 Å². The molecule has 0 unspecified atom stereocenters. The molecule has 66 valence electrons. The Kier molecular flexibility index (Phi) is 1.93. The number of hydrogen-bond acceptors (Lipinski definition) is 3. The quantitative estimate of drug-likeness (QED) is 0.663. The maximum Gasteiger partial charge on any atom is 0.178 e. The fraction of sp³-hybridized carbons (Fsp3) is 0.300. The molecule has 0 N–H and O–H groups in total. The fourth-order valence-corrected chi connectivity index (χ4v) is 1.14. The van der Waals surface area contributed by atoms with Gasteiger partial charge in [0.05, 0.1) is 5.69 Å². The fourth-order valence-electron chi connectivity index (χ4n) is 1.14. The van der Waals surface area contributed by atoms with E-state index < -0.39 is 0 Å². The van der Waals surface area contributed by atoms with Crippen molar-refractivity contribution in [3.63, 3.8) is 0 Å². The van der Waals surface area contributed by atoms with Crippen LogP contribution in [0.5, 0.6) is 0 Å². The van der Waals surface area contributed by atoms with Crippen molar-refractivity contribution in [1.29, 1.82) is 0 Å². The Morgan fingerprint density at radius 1 is 1.23 bits per heavy atom. The molecule has 0 aromatic carbocycles. The minimum absolute atomic E-state index is 0.402. The van der Waals surface area contributed by atoms with E-state index in [2.05, 4.69) is 28.8 Å². The van der Waals surface area contributed by atoms with Crippen LogP contribution in [-0.2, 0) is 0 Å². The van der Waals surface area contributed by atoms with Crippen LogP contribution in [0.1, 0.15) is 25.5 Å². The standard InChI is InChI=1S/C10H11N3/c1-7(2)9-6-12-8-4-3-5-11-10(8)13-9/h3-7H,1-2H3. The molecule has 0 aliphatic carbocycles. The molecular formula is C10H11N3. The van der Waals surface area contributed by atoms with Crippen molar-refractivity contribution in [1.82, 2.24) is 15.0 Å². The van der Waals surface area contributed by atoms with E-state index in [1.165, 1.54) is 0 Å². The largest absolute Gasteiger partial charge is 0.251 e. The number of hydrogen-bond donors (Lipinski definition) is 0. The SMILES string of the molecule is CC(C)c1cnc2cccnc2n1. The first-order valence-electron chi connectivity index (χ1n) is 4.35. The molecule has 13 heavy (non-hydrogen) atoms. The van der Waals surface area contributed by atoms with E-state index in [9.17, 15) is 0 Å². The van der Waals surface area contributed by atoms with Crippen LogP contribution in [0.3, 0.4) is 0 Å². The van der Waals surface area contributed by atoms with Gasteiger partial charge in [0.1, 0.15) is 5.52 Å². The zero-order valence-electron chi connectivity index (χ0n) is 7.73. The third-order valence-corrected chi connectivity index (χ3v) is 1.93. The molecule has 2 rings (SSSR count). The molecule has 2 heterocycles. The van der Waals surface area contributed by atoms with Gasteiger partial charge in [-0.3, -0.25) is 4.98 Å². The van der Waals surface area contributed by atoms with Crippen LogP contribution in [0.15, 0.2) is 24.5 Å². The molecule has 3 nitrogen and oxygen atoms in total. The predicted molar refractivity (Wildman–Crippen MR) is 51.4 cm³/mol. The molecule has 2 aromatic heterocycles. The summed E-state index contributed by atoms with van der Waals surface area (Å²) in [5.41, 5.74) is 2.58. The monoisotopic (exact) mass is 173 g/mol. The highest BCUT2D eigenvalue weighted by Crippen LogP contribution is 2.12. The smallest absolute Gasteiger partial charge is 0.178 e. The first-order chi connectivity index (χ1) is 6.27. The summed E-state index contributed by atoms with van der Waals surface area (Å²) in [5, 5.41) is 0. The molecule has 0 amide bonds. The molecule has 3 heteroatoms. The number of fused-ring (bicyclic) bond motifs is 1. The van der Waals surface area contributed by atoms with Gasteiger partial charge in [-0.2, -0.15) is 0 Å². The predicted octanol–water partition coefficient (Wildman–Crippen LogP) is 2.15. The van der Waals surface area contributed by atoms with Crippen LogP contribution in [0.2, 0.25) is 0 Å². The molecular weight excluding hydrogens is 162 g/mol. The number of rotatable bonds is 1. The lowest BCUT2D eigenvalue weighted by Crippen LogP contribution is -1.95. The van der Waals surface area contributed by atoms with Crippen LogP contribution in [-0.4, -0.2) is 15.0 Å². The van der Waals surface area contributed by atoms with E-state index in [0.717, 1.165) is 16.9 Å². The first-order valence-corrected chi connectivity index (χ1v) is 4.35. The molecule has 0 spiro atoms. The maximum absolute atomic E-state index is 4.40. The van der Waals surface area contributed by atoms with Crippen LogP contribution in [0.25, 0.3) is 11.2 Å². The highest BCUT2D eigenvalue weighted by molar-refractivity contribution is 5.68. The Hall–Kier alpha value is -1.51. The van der Waals surface area contributed by atoms with E-state index in [-0.39, 0.29) is 0 Å². The van der Waals surface area contributed by atoms with Gasteiger partial charge in [0.2, 0.25) is 0 Å². The van der Waals surface area contributed by atoms with Crippen LogP contribution in [0, 0.1) is 0 Å². The minimum Gasteiger partial charge on any atom is -0.251 e. The summed E-state index contributed by atoms with van der Waals surface area (Å²) in [6.07, 6.45) is 3.55. The molecule has 0 bridgehead atoms. The van der Waals surface area contributed by atoms with Gasteiger partial charge in [0, 0.05) is 12.4 Å². The molecule has 0 saturated heterocycles. The van der Waals surface area contributed by atoms with Gasteiger partial charge in [-0.15, -0.1) is 0 Å². The number of nitrogens with zero attached hydrogens (tertiary/aromatic N) is 3. The van der Waals surface area contributed by atoms with Crippen molar-refractivity contribution >= 4 is 11.2 Å². The normalized spacial score (nSPS) is 11.0. The molecule has 0 aliphatic heterocycles. The molecule has 0 fully saturated rings. The molecule has 0 saturated carbocycles. The van der Waals surface area contributed by atoms with Crippen molar-refractivity contribution in [3.05, 3.63) is 30.2 Å². The van der Waals surface area contributed by atoms with Crippen molar-refractivity contribution in [2.24, 2.45) is 0 Å². The van der Waals surface area contributed by atoms with Gasteiger partial charge in [-0.05, 0) is 18.1 Å².